The van der Waals surface area contributed by atoms with E-state index in [2.05, 4.69) is 21.2 Å². The fraction of sp³-hybridized carbons (Fsp3) is 0.222. The molecule has 0 saturated heterocycles. The topological polar surface area (TPSA) is 74.8 Å². The first kappa shape index (κ1) is 11.3. The smallest absolute Gasteiger partial charge is 0.251 e. The second-order valence-corrected chi connectivity index (χ2v) is 3.47. The molecule has 0 atom stereocenters. The van der Waals surface area contributed by atoms with Crippen molar-refractivity contribution in [2.75, 3.05) is 12.3 Å². The molecule has 15 heavy (non-hydrogen) atoms. The second kappa shape index (κ2) is 5.88. The molecule has 1 aromatic rings. The number of nitrogens with zero attached hydrogens (tertiary/aromatic N) is 1. The summed E-state index contributed by atoms with van der Waals surface area (Å²) < 4.78 is 0. The molecular weight excluding hydrogens is 214 g/mol. The maximum Gasteiger partial charge on any atom is 0.251 e. The Hall–Kier alpha value is -1.74. The van der Waals surface area contributed by atoms with Gasteiger partial charge < -0.3 is 10.3 Å². The average molecular weight is 223 g/mol. The average Bonchev–Trinajstić information content (AvgIpc) is 2.23. The van der Waals surface area contributed by atoms with Crippen molar-refractivity contribution < 1.29 is 4.79 Å². The van der Waals surface area contributed by atoms with Crippen LogP contribution in [0.25, 0.3) is 0 Å². The summed E-state index contributed by atoms with van der Waals surface area (Å²) in [5.41, 5.74) is -0.239. The molecule has 1 rings (SSSR count). The predicted octanol–water partition coefficient (Wildman–Crippen LogP) is -0.389. The number of thioether (sulfide) groups is 1. The van der Waals surface area contributed by atoms with Gasteiger partial charge in [0.2, 0.25) is 5.91 Å². The van der Waals surface area contributed by atoms with E-state index < -0.39 is 0 Å². The lowest BCUT2D eigenvalue weighted by atomic mass is 10.6. The lowest BCUT2D eigenvalue weighted by Crippen LogP contribution is -2.25. The van der Waals surface area contributed by atoms with Crippen LogP contribution in [0, 0.1) is 12.3 Å². The molecule has 0 aliphatic heterocycles. The quantitative estimate of drug-likeness (QED) is 0.414. The first-order valence-corrected chi connectivity index (χ1v) is 5.09. The lowest BCUT2D eigenvalue weighted by Gasteiger charge is -2.00. The van der Waals surface area contributed by atoms with Crippen LogP contribution >= 0.6 is 11.8 Å². The zero-order valence-electron chi connectivity index (χ0n) is 7.82. The van der Waals surface area contributed by atoms with Crippen LogP contribution in [-0.4, -0.2) is 28.2 Å². The Bertz CT molecular complexity index is 435. The van der Waals surface area contributed by atoms with Crippen molar-refractivity contribution in [2.24, 2.45) is 0 Å². The summed E-state index contributed by atoms with van der Waals surface area (Å²) in [4.78, 5) is 28.4. The molecule has 0 aliphatic rings. The number of hydrogen-bond acceptors (Lipinski definition) is 4. The van der Waals surface area contributed by atoms with E-state index in [0.29, 0.717) is 5.16 Å². The number of H-pyrrole nitrogens is 1. The number of rotatable bonds is 4. The van der Waals surface area contributed by atoms with Gasteiger partial charge in [0.15, 0.2) is 5.16 Å². The maximum absolute atomic E-state index is 11.1. The Morgan fingerprint density at radius 3 is 3.20 bits per heavy atom. The van der Waals surface area contributed by atoms with Gasteiger partial charge in [0.25, 0.3) is 5.56 Å². The lowest BCUT2D eigenvalue weighted by molar-refractivity contribution is -0.118. The number of carbonyl (C=O) groups is 1. The largest absolute Gasteiger partial charge is 0.344 e. The van der Waals surface area contributed by atoms with E-state index in [0.717, 1.165) is 11.8 Å². The molecule has 1 aromatic heterocycles. The summed E-state index contributed by atoms with van der Waals surface area (Å²) in [6.07, 6.45) is 6.36. The molecule has 0 saturated carbocycles. The van der Waals surface area contributed by atoms with E-state index in [9.17, 15) is 9.59 Å². The van der Waals surface area contributed by atoms with Crippen molar-refractivity contribution in [3.8, 4) is 12.3 Å². The van der Waals surface area contributed by atoms with E-state index >= 15 is 0 Å². The minimum absolute atomic E-state index is 0.175. The minimum Gasteiger partial charge on any atom is -0.344 e. The monoisotopic (exact) mass is 223 g/mol. The van der Waals surface area contributed by atoms with Crippen LogP contribution < -0.4 is 10.9 Å². The highest BCUT2D eigenvalue weighted by Crippen LogP contribution is 2.08. The Labute approximate surface area is 90.7 Å². The molecular formula is C9H9N3O2S. The summed E-state index contributed by atoms with van der Waals surface area (Å²) in [6, 6.07) is 1.31. The van der Waals surface area contributed by atoms with Crippen molar-refractivity contribution in [3.63, 3.8) is 0 Å². The Kier molecular flexibility index (Phi) is 4.44. The normalized spacial score (nSPS) is 9.27. The van der Waals surface area contributed by atoms with Crippen molar-refractivity contribution in [1.82, 2.24) is 15.3 Å². The van der Waals surface area contributed by atoms with Crippen LogP contribution in [0.3, 0.4) is 0 Å². The van der Waals surface area contributed by atoms with Gasteiger partial charge in [0.05, 0.1) is 12.3 Å². The molecule has 1 amide bonds. The van der Waals surface area contributed by atoms with Gasteiger partial charge in [-0.05, 0) is 0 Å². The molecule has 5 nitrogen and oxygen atoms in total. The molecule has 6 heteroatoms. The van der Waals surface area contributed by atoms with Crippen LogP contribution in [0.5, 0.6) is 0 Å². The molecule has 0 bridgehead atoms. The highest BCUT2D eigenvalue weighted by Gasteiger charge is 2.02. The van der Waals surface area contributed by atoms with E-state index in [1.807, 2.05) is 0 Å². The van der Waals surface area contributed by atoms with Crippen LogP contribution in [0.2, 0.25) is 0 Å². The van der Waals surface area contributed by atoms with Crippen molar-refractivity contribution >= 4 is 17.7 Å². The summed E-state index contributed by atoms with van der Waals surface area (Å²) in [5.74, 6) is 2.28. The minimum atomic E-state index is -0.239. The summed E-state index contributed by atoms with van der Waals surface area (Å²) in [6.45, 7) is 0.206. The van der Waals surface area contributed by atoms with E-state index in [1.54, 1.807) is 0 Å². The van der Waals surface area contributed by atoms with Crippen LogP contribution in [0.4, 0.5) is 0 Å². The number of terminal acetylenes is 1. The molecule has 0 spiro atoms. The molecule has 0 aromatic carbocycles. The van der Waals surface area contributed by atoms with Gasteiger partial charge in [-0.1, -0.05) is 17.7 Å². The zero-order chi connectivity index (χ0) is 11.1. The molecule has 2 N–H and O–H groups in total. The molecule has 0 aliphatic carbocycles. The van der Waals surface area contributed by atoms with Gasteiger partial charge in [-0.3, -0.25) is 9.59 Å². The second-order valence-electron chi connectivity index (χ2n) is 2.51. The number of hydrogen-bond donors (Lipinski definition) is 2. The Balaban J connectivity index is 2.41. The first-order chi connectivity index (χ1) is 7.22. The van der Waals surface area contributed by atoms with E-state index in [-0.39, 0.29) is 23.8 Å². The molecule has 0 unspecified atom stereocenters. The predicted molar refractivity (Wildman–Crippen MR) is 57.4 cm³/mol. The van der Waals surface area contributed by atoms with Gasteiger partial charge in [-0.25, -0.2) is 4.98 Å². The number of amides is 1. The van der Waals surface area contributed by atoms with Crippen molar-refractivity contribution in [2.45, 2.75) is 5.16 Å². The van der Waals surface area contributed by atoms with Gasteiger partial charge in [-0.2, -0.15) is 0 Å². The van der Waals surface area contributed by atoms with Gasteiger partial charge in [-0.15, -0.1) is 6.42 Å². The van der Waals surface area contributed by atoms with E-state index in [4.69, 9.17) is 6.42 Å². The van der Waals surface area contributed by atoms with Crippen molar-refractivity contribution in [1.29, 1.82) is 0 Å². The van der Waals surface area contributed by atoms with Crippen LogP contribution in [0.15, 0.2) is 22.2 Å². The van der Waals surface area contributed by atoms with Gasteiger partial charge in [0.1, 0.15) is 0 Å². The third-order valence-electron chi connectivity index (χ3n) is 1.38. The summed E-state index contributed by atoms with van der Waals surface area (Å²) in [7, 11) is 0. The summed E-state index contributed by atoms with van der Waals surface area (Å²) >= 11 is 1.15. The highest BCUT2D eigenvalue weighted by molar-refractivity contribution is 7.99. The molecule has 0 fully saturated rings. The molecule has 1 heterocycles. The number of nitrogens with one attached hydrogen (secondary N) is 2. The van der Waals surface area contributed by atoms with Gasteiger partial charge >= 0.3 is 0 Å². The maximum atomic E-state index is 11.1. The fourth-order valence-corrected chi connectivity index (χ4v) is 1.44. The standard InChI is InChI=1S/C9H9N3O2S/c1-2-4-10-8(14)6-15-9-11-5-3-7(13)12-9/h1,3,5H,4,6H2,(H,10,14)(H,11,12,13). The third kappa shape index (κ3) is 4.33. The number of aromatic amines is 1. The Morgan fingerprint density at radius 2 is 2.53 bits per heavy atom. The molecule has 0 radical (unpaired) electrons. The van der Waals surface area contributed by atoms with Crippen LogP contribution in [-0.2, 0) is 4.79 Å². The van der Waals surface area contributed by atoms with E-state index in [1.165, 1.54) is 12.3 Å². The third-order valence-corrected chi connectivity index (χ3v) is 2.26. The SMILES string of the molecule is C#CCNC(=O)CSc1nccc(=O)[nH]1. The zero-order valence-corrected chi connectivity index (χ0v) is 8.63. The van der Waals surface area contributed by atoms with Gasteiger partial charge in [0, 0.05) is 12.3 Å². The van der Waals surface area contributed by atoms with Crippen molar-refractivity contribution in [3.05, 3.63) is 22.6 Å². The summed E-state index contributed by atoms with van der Waals surface area (Å²) in [5, 5.41) is 2.92. The number of aromatic nitrogens is 2. The molecule has 78 valence electrons. The highest BCUT2D eigenvalue weighted by atomic mass is 32.2. The first-order valence-electron chi connectivity index (χ1n) is 4.10. The number of carbonyl (C=O) groups excluding carboxylic acids is 1. The van der Waals surface area contributed by atoms with Crippen LogP contribution in [0.1, 0.15) is 0 Å². The fourth-order valence-electron chi connectivity index (χ4n) is 0.760. The Morgan fingerprint density at radius 1 is 1.73 bits per heavy atom.